The number of benzene rings is 4. The molecule has 0 radical (unpaired) electrons. The number of carbonyl (C=O) groups is 2. The van der Waals surface area contributed by atoms with E-state index in [0.29, 0.717) is 51.1 Å². The van der Waals surface area contributed by atoms with Gasteiger partial charge >= 0.3 is 0 Å². The molecule has 1 spiro atoms. The van der Waals surface area contributed by atoms with Gasteiger partial charge in [0.1, 0.15) is 17.4 Å². The molecule has 5 aromatic rings. The Hall–Kier alpha value is -6.56. The Kier molecular flexibility index (Phi) is 16.3. The highest BCUT2D eigenvalue weighted by Crippen LogP contribution is 2.53. The number of ether oxygens (including phenoxy) is 1. The van der Waals surface area contributed by atoms with Crippen LogP contribution in [0.4, 0.5) is 5.69 Å². The van der Waals surface area contributed by atoms with Crippen molar-refractivity contribution >= 4 is 28.0 Å². The maximum Gasteiger partial charge on any atom is 0.160 e. The standard InChI is InChI=1S/C68H78N4O6/c1-43-40-69-42-57(74)32-44-17-18-47-19-22-55(34-51(47)29-44)72-66-33-45(25-27-70-66)28-46-30-49-21-24-58(48-12-6-5-7-13-48)60-39-63(76)64(78-2)36-50(60)20-23-56(73)38-62(75)61(49)35-52(31-46)59-16-9-4-3-8-14-54-15-10-11-26-68(54,67(59)77)65-37-53(43)41-71-65/h5-7,12-13,17-19,22,25,29,33-34,36-37,39,41,43,46,49,52,54,57-59,61,67,69-72,74,76-77H,3-4,9-11,15-16,20,23,26-28,30-32,35,38,40,42H2,1-2H3. The number of carbonyl (C=O) groups excluding carboxylic acids is 2. The van der Waals surface area contributed by atoms with Crippen molar-refractivity contribution in [3.05, 3.63) is 148 Å². The van der Waals surface area contributed by atoms with E-state index in [2.05, 4.69) is 124 Å². The topological polar surface area (TPSA) is 156 Å². The molecule has 10 nitrogen and oxygen atoms in total. The van der Waals surface area contributed by atoms with Gasteiger partial charge in [-0.1, -0.05) is 105 Å². The minimum absolute atomic E-state index is 0.0193. The lowest BCUT2D eigenvalue weighted by atomic mass is 9.56. The van der Waals surface area contributed by atoms with Crippen LogP contribution < -0.4 is 20.7 Å². The first-order valence-electron chi connectivity index (χ1n) is 29.2. The largest absolute Gasteiger partial charge is 0.504 e. The number of rotatable bonds is 2. The number of allylic oxidation sites excluding steroid dienone is 2. The second-order valence-corrected chi connectivity index (χ2v) is 23.8. The molecule has 1 aromatic heterocycles. The highest BCUT2D eigenvalue weighted by atomic mass is 16.5. The summed E-state index contributed by atoms with van der Waals surface area (Å²) in [7, 11) is 1.53. The molecule has 78 heavy (non-hydrogen) atoms. The minimum Gasteiger partial charge on any atom is -0.504 e. The molecule has 0 saturated heterocycles. The van der Waals surface area contributed by atoms with Crippen LogP contribution in [0.2, 0.25) is 0 Å². The van der Waals surface area contributed by atoms with Crippen molar-refractivity contribution in [3.8, 4) is 35.2 Å². The van der Waals surface area contributed by atoms with E-state index in [1.165, 1.54) is 12.7 Å². The Morgan fingerprint density at radius 2 is 1.67 bits per heavy atom. The highest BCUT2D eigenvalue weighted by Gasteiger charge is 2.53. The minimum atomic E-state index is -0.747. The van der Waals surface area contributed by atoms with Crippen molar-refractivity contribution in [1.29, 1.82) is 0 Å². The molecular formula is C68H78N4O6. The average molecular weight is 1050 g/mol. The molecule has 6 aliphatic rings. The molecular weight excluding hydrogens is 969 g/mol. The number of aromatic hydroxyl groups is 1. The molecule has 0 amide bonds. The van der Waals surface area contributed by atoms with Gasteiger partial charge in [0.2, 0.25) is 0 Å². The Labute approximate surface area is 461 Å². The number of phenols is 1. The molecule has 4 aromatic carbocycles. The van der Waals surface area contributed by atoms with Gasteiger partial charge in [0.25, 0.3) is 0 Å². The summed E-state index contributed by atoms with van der Waals surface area (Å²) in [5.74, 6) is 14.8. The molecule has 4 aliphatic carbocycles. The van der Waals surface area contributed by atoms with Gasteiger partial charge in [-0.05, 0) is 168 Å². The third kappa shape index (κ3) is 11.6. The Bertz CT molecular complexity index is 3190. The van der Waals surface area contributed by atoms with Crippen LogP contribution in [0.15, 0.2) is 115 Å². The van der Waals surface area contributed by atoms with Gasteiger partial charge in [-0.25, -0.2) is 0 Å². The first-order valence-corrected chi connectivity index (χ1v) is 29.2. The lowest BCUT2D eigenvalue weighted by Crippen LogP contribution is -2.53. The molecule has 11 bridgehead atoms. The van der Waals surface area contributed by atoms with Gasteiger partial charge in [0, 0.05) is 67.8 Å². The summed E-state index contributed by atoms with van der Waals surface area (Å²) < 4.78 is 5.59. The normalized spacial score (nSPS) is 30.1. The molecule has 11 unspecified atom stereocenters. The van der Waals surface area contributed by atoms with E-state index in [4.69, 9.17) is 4.74 Å². The molecule has 2 fully saturated rings. The number of hydrogen-bond acceptors (Lipinski definition) is 9. The molecule has 406 valence electrons. The maximum absolute atomic E-state index is 15.3. The zero-order valence-corrected chi connectivity index (χ0v) is 45.6. The third-order valence-electron chi connectivity index (χ3n) is 18.7. The number of ketones is 2. The Morgan fingerprint density at radius 3 is 2.54 bits per heavy atom. The van der Waals surface area contributed by atoms with Crippen molar-refractivity contribution < 1.29 is 29.6 Å². The molecule has 11 rings (SSSR count). The number of aryl methyl sites for hydroxylation is 1. The van der Waals surface area contributed by atoms with Crippen LogP contribution in [0.5, 0.6) is 11.5 Å². The van der Waals surface area contributed by atoms with Gasteiger partial charge in [0.15, 0.2) is 11.5 Å². The number of dihydropyridines is 1. The number of aliphatic hydroxyl groups excluding tert-OH is 2. The van der Waals surface area contributed by atoms with Crippen LogP contribution in [0.25, 0.3) is 10.8 Å². The second kappa shape index (κ2) is 23.8. The number of H-pyrrole nitrogens is 1. The molecule has 2 saturated carbocycles. The number of hydrogen-bond donors (Lipinski definition) is 7. The lowest BCUT2D eigenvalue weighted by Gasteiger charge is -2.49. The summed E-state index contributed by atoms with van der Waals surface area (Å²) in [5.41, 5.74) is 7.49. The maximum atomic E-state index is 15.3. The van der Waals surface area contributed by atoms with E-state index in [0.717, 1.165) is 120 Å². The number of β-amino-alcohol motifs (C(OH)–C–C–N with tert-alkyl or cyclic N) is 1. The van der Waals surface area contributed by atoms with Crippen LogP contribution in [0.3, 0.4) is 0 Å². The second-order valence-electron chi connectivity index (χ2n) is 23.8. The number of Topliss-reactive ketones (excluding diaryl/α,β-unsaturated/α-hetero) is 2. The number of anilines is 1. The highest BCUT2D eigenvalue weighted by molar-refractivity contribution is 6.00. The summed E-state index contributed by atoms with van der Waals surface area (Å²) in [6.07, 6.45) is 16.3. The lowest BCUT2D eigenvalue weighted by molar-refractivity contribution is -0.130. The van der Waals surface area contributed by atoms with Gasteiger partial charge < -0.3 is 41.0 Å². The van der Waals surface area contributed by atoms with Crippen molar-refractivity contribution in [2.45, 2.75) is 139 Å². The Morgan fingerprint density at radius 1 is 0.808 bits per heavy atom. The fraction of sp³-hybridized carbons (Fsp3) is 0.471. The van der Waals surface area contributed by atoms with Crippen molar-refractivity contribution in [2.75, 3.05) is 32.1 Å². The summed E-state index contributed by atoms with van der Waals surface area (Å²) in [5, 5.41) is 49.6. The first-order chi connectivity index (χ1) is 38.0. The average Bonchev–Trinajstić information content (AvgIpc) is 3.99. The number of aromatic amines is 1. The van der Waals surface area contributed by atoms with Gasteiger partial charge in [0.05, 0.1) is 37.1 Å². The predicted molar refractivity (Wildman–Crippen MR) is 309 cm³/mol. The first kappa shape index (κ1) is 53.4. The van der Waals surface area contributed by atoms with Crippen molar-refractivity contribution in [2.24, 2.45) is 35.5 Å². The monoisotopic (exact) mass is 1050 g/mol. The van der Waals surface area contributed by atoms with Crippen LogP contribution in [0, 0.1) is 59.2 Å². The molecule has 7 N–H and O–H groups in total. The number of phenolic OH excluding ortho intramolecular Hbond substituents is 1. The van der Waals surface area contributed by atoms with Crippen molar-refractivity contribution in [3.63, 3.8) is 0 Å². The van der Waals surface area contributed by atoms with Crippen LogP contribution in [0.1, 0.15) is 142 Å². The van der Waals surface area contributed by atoms with E-state index in [9.17, 15) is 20.1 Å². The molecule has 11 atom stereocenters. The number of aliphatic hydroxyl groups is 2. The van der Waals surface area contributed by atoms with Crippen LogP contribution in [-0.4, -0.2) is 70.8 Å². The zero-order valence-electron chi connectivity index (χ0n) is 45.6. The van der Waals surface area contributed by atoms with Crippen molar-refractivity contribution in [1.82, 2.24) is 15.6 Å². The smallest absolute Gasteiger partial charge is 0.160 e. The molecule has 3 heterocycles. The number of nitrogens with one attached hydrogen (secondary N) is 4. The number of methoxy groups -OCH3 is 1. The summed E-state index contributed by atoms with van der Waals surface area (Å²) in [6, 6.07) is 28.9. The van der Waals surface area contributed by atoms with E-state index in [1.807, 2.05) is 24.3 Å². The van der Waals surface area contributed by atoms with Crippen LogP contribution >= 0.6 is 0 Å². The van der Waals surface area contributed by atoms with E-state index >= 15 is 4.79 Å². The predicted octanol–water partition coefficient (Wildman–Crippen LogP) is 11.3. The Balaban J connectivity index is 1.04. The summed E-state index contributed by atoms with van der Waals surface area (Å²) in [4.78, 5) is 33.3. The summed E-state index contributed by atoms with van der Waals surface area (Å²) >= 11 is 0. The number of fused-ring (bicyclic) bond motifs is 11. The van der Waals surface area contributed by atoms with E-state index in [-0.39, 0.29) is 65.7 Å². The van der Waals surface area contributed by atoms with Gasteiger partial charge in [-0.3, -0.25) is 9.59 Å². The van der Waals surface area contributed by atoms with E-state index in [1.54, 1.807) is 6.07 Å². The number of aromatic nitrogens is 1. The van der Waals surface area contributed by atoms with Crippen LogP contribution in [-0.2, 0) is 27.8 Å². The fourth-order valence-corrected chi connectivity index (χ4v) is 14.6. The van der Waals surface area contributed by atoms with Gasteiger partial charge in [-0.2, -0.15) is 0 Å². The van der Waals surface area contributed by atoms with E-state index < -0.39 is 29.5 Å². The van der Waals surface area contributed by atoms with Gasteiger partial charge in [-0.15, -0.1) is 5.92 Å². The zero-order chi connectivity index (χ0) is 53.8. The molecule has 10 heteroatoms. The third-order valence-corrected chi connectivity index (χ3v) is 18.7. The fourth-order valence-electron chi connectivity index (χ4n) is 14.6. The quantitative estimate of drug-likeness (QED) is 0.0676. The SMILES string of the molecule is COc1cc2c(cc1O)C(c1ccccc1)C#CC1CC3CC4=CCNC(=C4)Nc4ccc5ccc(cc5c4)CC(O)CNCC(C)c4c[nH]c(c4)C45CCCCC4C#CCCCCC(C(C3)CC1C(=O)CC(=O)CC2)C5O. The molecule has 2 aliphatic heterocycles. The summed E-state index contributed by atoms with van der Waals surface area (Å²) in [6.45, 7) is 4.03.